The maximum absolute atomic E-state index is 11.9. The van der Waals surface area contributed by atoms with Gasteiger partial charge in [0, 0.05) is 13.1 Å². The van der Waals surface area contributed by atoms with E-state index in [1.165, 1.54) is 16.9 Å². The van der Waals surface area contributed by atoms with Crippen molar-refractivity contribution in [1.82, 2.24) is 9.80 Å². The van der Waals surface area contributed by atoms with E-state index in [4.69, 9.17) is 18.9 Å². The molecule has 0 aliphatic carbocycles. The van der Waals surface area contributed by atoms with Crippen LogP contribution in [0.1, 0.15) is 41.5 Å². The number of rotatable bonds is 2. The number of ether oxygens (including phenoxy) is 5. The number of hydrogen-bond donors (Lipinski definition) is 0. The van der Waals surface area contributed by atoms with Crippen LogP contribution < -0.4 is 0 Å². The molecule has 2 saturated heterocycles. The van der Waals surface area contributed by atoms with E-state index < -0.39 is 41.4 Å². The van der Waals surface area contributed by atoms with Gasteiger partial charge in [-0.25, -0.2) is 14.4 Å². The molecule has 0 bridgehead atoms. The summed E-state index contributed by atoms with van der Waals surface area (Å²) in [6, 6.07) is -1.24. The van der Waals surface area contributed by atoms with Gasteiger partial charge in [-0.1, -0.05) is 0 Å². The zero-order chi connectivity index (χ0) is 24.5. The summed E-state index contributed by atoms with van der Waals surface area (Å²) in [5.74, 6) is -0.490. The van der Waals surface area contributed by atoms with Gasteiger partial charge in [0.1, 0.15) is 23.5 Å². The van der Waals surface area contributed by atoms with E-state index >= 15 is 0 Å². The van der Waals surface area contributed by atoms with Gasteiger partial charge in [-0.15, -0.1) is 0 Å². The summed E-state index contributed by atoms with van der Waals surface area (Å²) in [6.07, 6.45) is -0.262. The molecule has 11 heteroatoms. The van der Waals surface area contributed by atoms with Gasteiger partial charge in [0.05, 0.1) is 33.5 Å². The minimum absolute atomic E-state index is 0.145. The first kappa shape index (κ1) is 27.6. The minimum atomic E-state index is -0.719. The van der Waals surface area contributed by atoms with E-state index in [0.29, 0.717) is 32.6 Å². The molecular weight excluding hydrogens is 424 g/mol. The van der Waals surface area contributed by atoms with Gasteiger partial charge in [0.2, 0.25) is 0 Å². The lowest BCUT2D eigenvalue weighted by Crippen LogP contribution is -2.54. The maximum atomic E-state index is 11.9. The number of nitrogens with zero attached hydrogens (tertiary/aromatic N) is 2. The van der Waals surface area contributed by atoms with Crippen molar-refractivity contribution in [2.45, 2.75) is 64.8 Å². The largest absolute Gasteiger partial charge is 0.467 e. The molecule has 0 aromatic rings. The second kappa shape index (κ2) is 12.0. The summed E-state index contributed by atoms with van der Waals surface area (Å²) in [7, 11) is 1.28. The monoisotopic (exact) mass is 460 g/mol. The number of carbonyl (C=O) groups is 4. The molecule has 0 saturated carbocycles. The summed E-state index contributed by atoms with van der Waals surface area (Å²) >= 11 is 0. The second-order valence-electron chi connectivity index (χ2n) is 9.24. The zero-order valence-electron chi connectivity index (χ0n) is 20.0. The van der Waals surface area contributed by atoms with Gasteiger partial charge >= 0.3 is 18.2 Å². The second-order valence-corrected chi connectivity index (χ2v) is 9.24. The van der Waals surface area contributed by atoms with E-state index in [1.807, 2.05) is 0 Å². The standard InChI is InChI=1S/C11H19NO5.C10H17NO4/c1-11(2,3)17-10(14)12-5-6-16-7-8(12)9(13)15-4;1-10(2,3)15-9(13)11-4-5-14-7-8(11)6-12/h8H,5-7H2,1-4H3;6,8H,4-5,7H2,1-3H3. The van der Waals surface area contributed by atoms with Crippen molar-refractivity contribution in [2.24, 2.45) is 0 Å². The fourth-order valence-corrected chi connectivity index (χ4v) is 2.76. The van der Waals surface area contributed by atoms with Crippen molar-refractivity contribution < 1.29 is 42.9 Å². The lowest BCUT2D eigenvalue weighted by molar-refractivity contribution is -0.152. The molecule has 2 atom stereocenters. The predicted molar refractivity (Wildman–Crippen MR) is 113 cm³/mol. The highest BCUT2D eigenvalue weighted by Crippen LogP contribution is 2.15. The third kappa shape index (κ3) is 9.39. The van der Waals surface area contributed by atoms with Crippen molar-refractivity contribution in [2.75, 3.05) is 46.6 Å². The van der Waals surface area contributed by atoms with Crippen LogP contribution in [0.5, 0.6) is 0 Å². The fourth-order valence-electron chi connectivity index (χ4n) is 2.76. The molecule has 2 unspecified atom stereocenters. The van der Waals surface area contributed by atoms with Gasteiger partial charge < -0.3 is 28.5 Å². The Kier molecular flexibility index (Phi) is 10.4. The number of hydrogen-bond acceptors (Lipinski definition) is 9. The molecule has 0 spiro atoms. The number of esters is 1. The quantitative estimate of drug-likeness (QED) is 0.344. The fraction of sp³-hybridized carbons (Fsp3) is 0.810. The summed E-state index contributed by atoms with van der Waals surface area (Å²) in [5.41, 5.74) is -1.13. The van der Waals surface area contributed by atoms with Crippen molar-refractivity contribution in [3.63, 3.8) is 0 Å². The number of aldehydes is 1. The number of amides is 2. The highest BCUT2D eigenvalue weighted by atomic mass is 16.6. The summed E-state index contributed by atoms with van der Waals surface area (Å²) in [6.45, 7) is 12.7. The average Bonchev–Trinajstić information content (AvgIpc) is 2.71. The number of methoxy groups -OCH3 is 1. The third-order valence-corrected chi connectivity index (χ3v) is 4.18. The van der Waals surface area contributed by atoms with Crippen LogP contribution in [0.3, 0.4) is 0 Å². The van der Waals surface area contributed by atoms with E-state index in [-0.39, 0.29) is 13.2 Å². The summed E-state index contributed by atoms with van der Waals surface area (Å²) < 4.78 is 25.3. The Labute approximate surface area is 189 Å². The third-order valence-electron chi connectivity index (χ3n) is 4.18. The van der Waals surface area contributed by atoms with Crippen molar-refractivity contribution in [3.05, 3.63) is 0 Å². The van der Waals surface area contributed by atoms with Gasteiger partial charge in [0.25, 0.3) is 0 Å². The normalized spacial score (nSPS) is 21.6. The van der Waals surface area contributed by atoms with Crippen LogP contribution in [0.15, 0.2) is 0 Å². The van der Waals surface area contributed by atoms with Crippen LogP contribution in [0, 0.1) is 0 Å². The van der Waals surface area contributed by atoms with Gasteiger partial charge in [-0.2, -0.15) is 0 Å². The van der Waals surface area contributed by atoms with Crippen LogP contribution in [-0.2, 0) is 33.3 Å². The maximum Gasteiger partial charge on any atom is 0.411 e. The first-order valence-corrected chi connectivity index (χ1v) is 10.5. The first-order valence-electron chi connectivity index (χ1n) is 10.5. The topological polar surface area (TPSA) is 121 Å². The Hall–Kier alpha value is -2.40. The minimum Gasteiger partial charge on any atom is -0.467 e. The van der Waals surface area contributed by atoms with Crippen molar-refractivity contribution in [3.8, 4) is 0 Å². The molecule has 32 heavy (non-hydrogen) atoms. The smallest absolute Gasteiger partial charge is 0.411 e. The molecule has 2 aliphatic rings. The summed E-state index contributed by atoms with van der Waals surface area (Å²) in [5, 5.41) is 0. The van der Waals surface area contributed by atoms with Crippen LogP contribution in [0.4, 0.5) is 9.59 Å². The van der Waals surface area contributed by atoms with Crippen molar-refractivity contribution >= 4 is 24.4 Å². The molecule has 184 valence electrons. The zero-order valence-corrected chi connectivity index (χ0v) is 20.0. The summed E-state index contributed by atoms with van der Waals surface area (Å²) in [4.78, 5) is 48.5. The Morgan fingerprint density at radius 3 is 1.78 bits per heavy atom. The Morgan fingerprint density at radius 2 is 1.31 bits per heavy atom. The van der Waals surface area contributed by atoms with Crippen LogP contribution in [0.25, 0.3) is 0 Å². The van der Waals surface area contributed by atoms with Crippen LogP contribution in [0.2, 0.25) is 0 Å². The molecule has 2 aliphatic heterocycles. The number of carbonyl (C=O) groups excluding carboxylic acids is 4. The van der Waals surface area contributed by atoms with E-state index in [9.17, 15) is 19.2 Å². The highest BCUT2D eigenvalue weighted by molar-refractivity contribution is 5.81. The van der Waals surface area contributed by atoms with E-state index in [2.05, 4.69) is 4.74 Å². The molecule has 2 rings (SSSR count). The molecule has 0 N–H and O–H groups in total. The first-order chi connectivity index (χ1) is 14.8. The predicted octanol–water partition coefficient (Wildman–Crippen LogP) is 1.62. The van der Waals surface area contributed by atoms with Crippen molar-refractivity contribution in [1.29, 1.82) is 0 Å². The molecule has 11 nitrogen and oxygen atoms in total. The molecule has 2 heterocycles. The van der Waals surface area contributed by atoms with Gasteiger partial charge in [-0.05, 0) is 41.5 Å². The Morgan fingerprint density at radius 1 is 0.844 bits per heavy atom. The Bertz CT molecular complexity index is 655. The van der Waals surface area contributed by atoms with Crippen LogP contribution >= 0.6 is 0 Å². The Balaban J connectivity index is 0.000000323. The highest BCUT2D eigenvalue weighted by Gasteiger charge is 2.36. The average molecular weight is 461 g/mol. The molecule has 0 aromatic carbocycles. The molecule has 2 amide bonds. The van der Waals surface area contributed by atoms with Gasteiger partial charge in [-0.3, -0.25) is 9.80 Å². The molecule has 0 aromatic heterocycles. The molecule has 2 fully saturated rings. The lowest BCUT2D eigenvalue weighted by atomic mass is 10.2. The van der Waals surface area contributed by atoms with Crippen LogP contribution in [-0.4, -0.2) is 104 Å². The SMILES string of the molecule is CC(C)(C)OC(=O)N1CCOCC1C=O.COC(=O)C1COCCN1C(=O)OC(C)(C)C. The molecular formula is C21H36N2O9. The van der Waals surface area contributed by atoms with E-state index in [1.54, 1.807) is 41.5 Å². The number of morpholine rings is 2. The lowest BCUT2D eigenvalue weighted by Gasteiger charge is -2.34. The van der Waals surface area contributed by atoms with E-state index in [0.717, 1.165) is 0 Å². The molecule has 0 radical (unpaired) electrons. The van der Waals surface area contributed by atoms with Gasteiger partial charge in [0.15, 0.2) is 6.04 Å².